The quantitative estimate of drug-likeness (QED) is 0.263. The molecule has 10 heteroatoms. The van der Waals surface area contributed by atoms with Crippen LogP contribution in [0.1, 0.15) is 32.8 Å². The van der Waals surface area contributed by atoms with Gasteiger partial charge in [-0.25, -0.2) is 8.78 Å². The number of nitrogens with zero attached hydrogens (tertiary/aromatic N) is 2. The molecule has 2 aromatic carbocycles. The molecule has 0 spiro atoms. The Bertz CT molecular complexity index is 1050. The number of amides is 1. The lowest BCUT2D eigenvalue weighted by atomic mass is 10.1. The van der Waals surface area contributed by atoms with Crippen LogP contribution in [0.25, 0.3) is 5.70 Å². The lowest BCUT2D eigenvalue weighted by Gasteiger charge is -2.26. The van der Waals surface area contributed by atoms with Crippen LogP contribution < -0.4 is 21.1 Å². The van der Waals surface area contributed by atoms with Gasteiger partial charge in [-0.1, -0.05) is 6.58 Å². The fourth-order valence-electron chi connectivity index (χ4n) is 3.72. The van der Waals surface area contributed by atoms with Crippen molar-refractivity contribution in [3.8, 4) is 5.75 Å². The van der Waals surface area contributed by atoms with Crippen molar-refractivity contribution < 1.29 is 23.0 Å². The molecule has 0 atom stereocenters. The molecular formula is C28H39F2N5O3. The second-order valence-corrected chi connectivity index (χ2v) is 9.20. The van der Waals surface area contributed by atoms with E-state index < -0.39 is 11.5 Å². The van der Waals surface area contributed by atoms with E-state index in [0.717, 1.165) is 44.2 Å². The van der Waals surface area contributed by atoms with Crippen LogP contribution in [0.4, 0.5) is 25.8 Å². The predicted molar refractivity (Wildman–Crippen MR) is 151 cm³/mol. The molecule has 1 aliphatic rings. The second-order valence-electron chi connectivity index (χ2n) is 9.20. The van der Waals surface area contributed by atoms with E-state index in [1.165, 1.54) is 6.07 Å². The summed E-state index contributed by atoms with van der Waals surface area (Å²) < 4.78 is 40.0. The maximum atomic E-state index is 15.1. The third-order valence-electron chi connectivity index (χ3n) is 5.62. The number of morpholine rings is 1. The summed E-state index contributed by atoms with van der Waals surface area (Å²) in [6, 6.07) is 10.6. The lowest BCUT2D eigenvalue weighted by Crippen LogP contribution is -2.38. The number of hydrogen-bond acceptors (Lipinski definition) is 7. The maximum absolute atomic E-state index is 15.1. The Morgan fingerprint density at radius 3 is 2.47 bits per heavy atom. The molecular weight excluding hydrogens is 492 g/mol. The van der Waals surface area contributed by atoms with Crippen LogP contribution >= 0.6 is 0 Å². The first-order chi connectivity index (χ1) is 18.2. The largest absolute Gasteiger partial charge is 0.492 e. The number of primary amides is 1. The van der Waals surface area contributed by atoms with Crippen molar-refractivity contribution in [3.05, 3.63) is 54.4 Å². The highest BCUT2D eigenvalue weighted by Crippen LogP contribution is 2.33. The van der Waals surface area contributed by atoms with Gasteiger partial charge in [0, 0.05) is 61.6 Å². The monoisotopic (exact) mass is 531 g/mol. The Morgan fingerprint density at radius 2 is 1.87 bits per heavy atom. The summed E-state index contributed by atoms with van der Waals surface area (Å²) in [5, 5.41) is 6.36. The van der Waals surface area contributed by atoms with Crippen molar-refractivity contribution in [1.29, 1.82) is 0 Å². The molecule has 1 saturated heterocycles. The standard InChI is InChI=1S/C27H36F2N4O2.CH3NO/c1-5-30-25-19-23(35-17-14-33-12-15-34-16-13-33)18-24(28)26(25)20(2)32-22-8-6-21(7-9-22)31-11-10-27(3,4)29;2-1-3/h5-9,18-19,31-32H,2,10-17H2,1,3-4H3;1H,(H2,2,3). The topological polar surface area (TPSA) is 101 Å². The van der Waals surface area contributed by atoms with E-state index in [1.807, 2.05) is 24.3 Å². The highest BCUT2D eigenvalue weighted by molar-refractivity contribution is 5.83. The minimum absolute atomic E-state index is 0.250. The Labute approximate surface area is 223 Å². The number of nitrogens with two attached hydrogens (primary N) is 1. The summed E-state index contributed by atoms with van der Waals surface area (Å²) in [5.74, 6) is -0.0288. The normalized spacial score (nSPS) is 13.9. The zero-order valence-electron chi connectivity index (χ0n) is 22.4. The second kappa shape index (κ2) is 15.7. The highest BCUT2D eigenvalue weighted by atomic mass is 19.1. The molecule has 3 rings (SSSR count). The SMILES string of the molecule is C=C(Nc1ccc(NCCC(C)(C)F)cc1)c1c(F)cc(OCCN2CCOCC2)cc1N=CC.NC=O. The molecule has 208 valence electrons. The summed E-state index contributed by atoms with van der Waals surface area (Å²) in [6.07, 6.45) is 2.28. The number of benzene rings is 2. The number of hydrogen-bond donors (Lipinski definition) is 3. The smallest absolute Gasteiger partial charge is 0.204 e. The number of anilines is 2. The van der Waals surface area contributed by atoms with Crippen LogP contribution in [0.2, 0.25) is 0 Å². The minimum atomic E-state index is -1.21. The van der Waals surface area contributed by atoms with Crippen molar-refractivity contribution in [2.24, 2.45) is 10.7 Å². The van der Waals surface area contributed by atoms with Gasteiger partial charge in [0.1, 0.15) is 23.8 Å². The molecule has 0 bridgehead atoms. The van der Waals surface area contributed by atoms with Gasteiger partial charge >= 0.3 is 0 Å². The molecule has 2 aromatic rings. The molecule has 8 nitrogen and oxygen atoms in total. The average molecular weight is 532 g/mol. The van der Waals surface area contributed by atoms with Gasteiger partial charge in [-0.3, -0.25) is 14.7 Å². The first-order valence-electron chi connectivity index (χ1n) is 12.6. The first-order valence-corrected chi connectivity index (χ1v) is 12.6. The highest BCUT2D eigenvalue weighted by Gasteiger charge is 2.16. The molecule has 0 aliphatic carbocycles. The van der Waals surface area contributed by atoms with Crippen LogP contribution in [0.5, 0.6) is 5.75 Å². The predicted octanol–water partition coefficient (Wildman–Crippen LogP) is 4.99. The Balaban J connectivity index is 0.00000161. The van der Waals surface area contributed by atoms with Crippen LogP contribution in [0, 0.1) is 5.82 Å². The van der Waals surface area contributed by atoms with Crippen molar-refractivity contribution in [2.45, 2.75) is 32.9 Å². The molecule has 38 heavy (non-hydrogen) atoms. The number of carbonyl (C=O) groups is 1. The van der Waals surface area contributed by atoms with E-state index in [-0.39, 0.29) is 12.0 Å². The lowest BCUT2D eigenvalue weighted by molar-refractivity contribution is -0.106. The van der Waals surface area contributed by atoms with Gasteiger partial charge in [0.05, 0.1) is 24.5 Å². The Kier molecular flexibility index (Phi) is 12.7. The van der Waals surface area contributed by atoms with E-state index in [4.69, 9.17) is 14.3 Å². The van der Waals surface area contributed by atoms with Gasteiger partial charge in [0.2, 0.25) is 6.41 Å². The fraction of sp³-hybridized carbons (Fsp3) is 0.429. The Hall–Kier alpha value is -3.50. The molecule has 1 aliphatic heterocycles. The number of alkyl halides is 1. The molecule has 0 saturated carbocycles. The molecule has 0 radical (unpaired) electrons. The van der Waals surface area contributed by atoms with Crippen molar-refractivity contribution in [3.63, 3.8) is 0 Å². The summed E-state index contributed by atoms with van der Waals surface area (Å²) in [6.45, 7) is 13.9. The van der Waals surface area contributed by atoms with E-state index in [9.17, 15) is 4.39 Å². The third-order valence-corrected chi connectivity index (χ3v) is 5.62. The number of carbonyl (C=O) groups excluding carboxylic acids is 1. The Morgan fingerprint density at radius 1 is 1.24 bits per heavy atom. The third kappa shape index (κ3) is 10.9. The summed E-state index contributed by atoms with van der Waals surface area (Å²) in [4.78, 5) is 15.2. The van der Waals surface area contributed by atoms with Gasteiger partial charge < -0.3 is 25.8 Å². The first kappa shape index (κ1) is 30.7. The zero-order chi connectivity index (χ0) is 28.0. The molecule has 0 unspecified atom stereocenters. The maximum Gasteiger partial charge on any atom is 0.204 e. The molecule has 4 N–H and O–H groups in total. The van der Waals surface area contributed by atoms with E-state index in [0.29, 0.717) is 36.7 Å². The van der Waals surface area contributed by atoms with Crippen LogP contribution in [0.15, 0.2) is 48.0 Å². The van der Waals surface area contributed by atoms with Crippen LogP contribution in [0.3, 0.4) is 0 Å². The van der Waals surface area contributed by atoms with Gasteiger partial charge in [-0.2, -0.15) is 0 Å². The summed E-state index contributed by atoms with van der Waals surface area (Å²) in [7, 11) is 0. The number of rotatable bonds is 12. The van der Waals surface area contributed by atoms with Crippen LogP contribution in [-0.4, -0.2) is 69.2 Å². The van der Waals surface area contributed by atoms with Crippen molar-refractivity contribution in [2.75, 3.05) is 56.6 Å². The van der Waals surface area contributed by atoms with E-state index >= 15 is 4.39 Å². The minimum Gasteiger partial charge on any atom is -0.492 e. The average Bonchev–Trinajstić information content (AvgIpc) is 2.85. The molecule has 1 heterocycles. The number of aliphatic imine (C=N–C) groups is 1. The van der Waals surface area contributed by atoms with E-state index in [1.54, 1.807) is 33.1 Å². The van der Waals surface area contributed by atoms with E-state index in [2.05, 4.69) is 32.8 Å². The number of halogens is 2. The van der Waals surface area contributed by atoms with Gasteiger partial charge in [-0.05, 0) is 51.5 Å². The van der Waals surface area contributed by atoms with Crippen LogP contribution in [-0.2, 0) is 9.53 Å². The van der Waals surface area contributed by atoms with Gasteiger partial charge in [-0.15, -0.1) is 0 Å². The number of ether oxygens (including phenoxy) is 2. The summed E-state index contributed by atoms with van der Waals surface area (Å²) >= 11 is 0. The van der Waals surface area contributed by atoms with Gasteiger partial charge in [0.15, 0.2) is 0 Å². The van der Waals surface area contributed by atoms with Crippen molar-refractivity contribution in [1.82, 2.24) is 4.90 Å². The fourth-order valence-corrected chi connectivity index (χ4v) is 3.72. The molecule has 0 aromatic heterocycles. The number of nitrogens with one attached hydrogen (secondary N) is 2. The van der Waals surface area contributed by atoms with Gasteiger partial charge in [0.25, 0.3) is 0 Å². The summed E-state index contributed by atoms with van der Waals surface area (Å²) in [5.41, 5.74) is 5.71. The molecule has 1 fully saturated rings. The van der Waals surface area contributed by atoms with Crippen molar-refractivity contribution >= 4 is 35.4 Å². The molecule has 1 amide bonds. The zero-order valence-corrected chi connectivity index (χ0v) is 22.4.